The molecule has 0 atom stereocenters. The van der Waals surface area contributed by atoms with E-state index in [0.717, 1.165) is 6.07 Å². The predicted molar refractivity (Wildman–Crippen MR) is 78.1 cm³/mol. The molecule has 21 heavy (non-hydrogen) atoms. The van der Waals surface area contributed by atoms with E-state index in [-0.39, 0.29) is 0 Å². The largest absolute Gasteiger partial charge is 0.279 e. The SMILES string of the molecule is Cc1cc(Cl)ccc1NS(=O)(=O)c1cccc(F)c1C#N. The Labute approximate surface area is 126 Å². The minimum atomic E-state index is -4.07. The summed E-state index contributed by atoms with van der Waals surface area (Å²) < 4.78 is 40.5. The van der Waals surface area contributed by atoms with Gasteiger partial charge in [-0.1, -0.05) is 17.7 Å². The van der Waals surface area contributed by atoms with E-state index in [1.165, 1.54) is 24.3 Å². The highest BCUT2D eigenvalue weighted by Crippen LogP contribution is 2.25. The van der Waals surface area contributed by atoms with Crippen molar-refractivity contribution in [1.82, 2.24) is 0 Å². The first-order chi connectivity index (χ1) is 9.85. The summed E-state index contributed by atoms with van der Waals surface area (Å²) in [7, 11) is -4.07. The highest BCUT2D eigenvalue weighted by molar-refractivity contribution is 7.92. The van der Waals surface area contributed by atoms with Crippen molar-refractivity contribution in [3.63, 3.8) is 0 Å². The lowest BCUT2D eigenvalue weighted by atomic mass is 10.2. The number of nitrogens with zero attached hydrogens (tertiary/aromatic N) is 1. The Bertz CT molecular complexity index is 845. The smallest absolute Gasteiger partial charge is 0.263 e. The van der Waals surface area contributed by atoms with Crippen LogP contribution in [-0.4, -0.2) is 8.42 Å². The highest BCUT2D eigenvalue weighted by atomic mass is 35.5. The van der Waals surface area contributed by atoms with E-state index in [1.54, 1.807) is 19.1 Å². The van der Waals surface area contributed by atoms with Crippen LogP contribution in [0.1, 0.15) is 11.1 Å². The molecule has 2 aromatic rings. The van der Waals surface area contributed by atoms with Crippen LogP contribution in [0.2, 0.25) is 5.02 Å². The first-order valence-electron chi connectivity index (χ1n) is 5.83. The van der Waals surface area contributed by atoms with Gasteiger partial charge in [-0.15, -0.1) is 0 Å². The van der Waals surface area contributed by atoms with Crippen molar-refractivity contribution in [2.75, 3.05) is 4.72 Å². The maximum atomic E-state index is 13.5. The first-order valence-corrected chi connectivity index (χ1v) is 7.69. The summed E-state index contributed by atoms with van der Waals surface area (Å²) in [5.41, 5.74) is 0.408. The molecular weight excluding hydrogens is 315 g/mol. The van der Waals surface area contributed by atoms with E-state index in [1.807, 2.05) is 0 Å². The van der Waals surface area contributed by atoms with E-state index in [0.29, 0.717) is 16.3 Å². The molecule has 7 heteroatoms. The fraction of sp³-hybridized carbons (Fsp3) is 0.0714. The topological polar surface area (TPSA) is 70.0 Å². The van der Waals surface area contributed by atoms with E-state index >= 15 is 0 Å². The second kappa shape index (κ2) is 5.72. The molecular formula is C14H10ClFN2O2S. The number of halogens is 2. The van der Waals surface area contributed by atoms with Crippen molar-refractivity contribution in [2.45, 2.75) is 11.8 Å². The third-order valence-corrected chi connectivity index (χ3v) is 4.45. The van der Waals surface area contributed by atoms with Gasteiger partial charge in [-0.3, -0.25) is 4.72 Å². The molecule has 0 aliphatic heterocycles. The van der Waals surface area contributed by atoms with Gasteiger partial charge in [0.05, 0.1) is 5.69 Å². The third kappa shape index (κ3) is 3.15. The van der Waals surface area contributed by atoms with Gasteiger partial charge >= 0.3 is 0 Å². The standard InChI is InChI=1S/C14H10ClFN2O2S/c1-9-7-10(15)5-6-13(9)18-21(19,20)14-4-2-3-12(16)11(14)8-17/h2-7,18H,1H3. The number of sulfonamides is 1. The van der Waals surface area contributed by atoms with E-state index in [9.17, 15) is 12.8 Å². The zero-order valence-electron chi connectivity index (χ0n) is 10.9. The zero-order chi connectivity index (χ0) is 15.6. The van der Waals surface area contributed by atoms with E-state index < -0.39 is 26.3 Å². The minimum absolute atomic E-state index is 0.313. The van der Waals surface area contributed by atoms with E-state index in [4.69, 9.17) is 16.9 Å². The molecule has 0 bridgehead atoms. The van der Waals surface area contributed by atoms with Gasteiger partial charge in [0.15, 0.2) is 0 Å². The maximum absolute atomic E-state index is 13.5. The molecule has 0 heterocycles. The lowest BCUT2D eigenvalue weighted by Crippen LogP contribution is -2.15. The molecule has 2 aromatic carbocycles. The molecule has 0 spiro atoms. The minimum Gasteiger partial charge on any atom is -0.279 e. The van der Waals surface area contributed by atoms with Crippen LogP contribution in [-0.2, 0) is 10.0 Å². The van der Waals surface area contributed by atoms with Crippen LogP contribution < -0.4 is 4.72 Å². The van der Waals surface area contributed by atoms with Crippen LogP contribution in [0.4, 0.5) is 10.1 Å². The molecule has 0 saturated carbocycles. The lowest BCUT2D eigenvalue weighted by Gasteiger charge is -2.12. The molecule has 0 saturated heterocycles. The van der Waals surface area contributed by atoms with Gasteiger partial charge in [-0.25, -0.2) is 12.8 Å². The average molecular weight is 325 g/mol. The molecule has 0 amide bonds. The van der Waals surface area contributed by atoms with Crippen molar-refractivity contribution in [3.05, 3.63) is 58.4 Å². The van der Waals surface area contributed by atoms with Crippen molar-refractivity contribution in [2.24, 2.45) is 0 Å². The lowest BCUT2D eigenvalue weighted by molar-refractivity contribution is 0.593. The summed E-state index contributed by atoms with van der Waals surface area (Å²) in [5, 5.41) is 9.39. The molecule has 108 valence electrons. The fourth-order valence-electron chi connectivity index (χ4n) is 1.78. The molecule has 2 rings (SSSR count). The molecule has 0 fully saturated rings. The number of hydrogen-bond donors (Lipinski definition) is 1. The molecule has 0 aliphatic carbocycles. The monoisotopic (exact) mass is 324 g/mol. The Kier molecular flexibility index (Phi) is 4.16. The van der Waals surface area contributed by atoms with Crippen LogP contribution in [0.5, 0.6) is 0 Å². The number of hydrogen-bond acceptors (Lipinski definition) is 3. The molecule has 4 nitrogen and oxygen atoms in total. The summed E-state index contributed by atoms with van der Waals surface area (Å²) in [6, 6.07) is 9.63. The quantitative estimate of drug-likeness (QED) is 0.940. The van der Waals surface area contributed by atoms with E-state index in [2.05, 4.69) is 4.72 Å². The van der Waals surface area contributed by atoms with Gasteiger partial charge in [0.1, 0.15) is 22.3 Å². The first kappa shape index (κ1) is 15.3. The summed E-state index contributed by atoms with van der Waals surface area (Å²) in [5.74, 6) is -0.881. The Morgan fingerprint density at radius 3 is 2.62 bits per heavy atom. The van der Waals surface area contributed by atoms with Crippen LogP contribution in [0.25, 0.3) is 0 Å². The van der Waals surface area contributed by atoms with Gasteiger partial charge in [0, 0.05) is 5.02 Å². The Hall–Kier alpha value is -2.10. The fourth-order valence-corrected chi connectivity index (χ4v) is 3.30. The van der Waals surface area contributed by atoms with Gasteiger partial charge in [-0.2, -0.15) is 5.26 Å². The van der Waals surface area contributed by atoms with Crippen LogP contribution in [0.3, 0.4) is 0 Å². The maximum Gasteiger partial charge on any atom is 0.263 e. The Morgan fingerprint density at radius 2 is 2.00 bits per heavy atom. The molecule has 0 aromatic heterocycles. The van der Waals surface area contributed by atoms with Crippen molar-refractivity contribution >= 4 is 27.3 Å². The van der Waals surface area contributed by atoms with Crippen molar-refractivity contribution in [1.29, 1.82) is 5.26 Å². The van der Waals surface area contributed by atoms with Crippen LogP contribution >= 0.6 is 11.6 Å². The Morgan fingerprint density at radius 1 is 1.29 bits per heavy atom. The number of nitriles is 1. The average Bonchev–Trinajstić information content (AvgIpc) is 2.41. The number of rotatable bonds is 3. The Balaban J connectivity index is 2.49. The zero-order valence-corrected chi connectivity index (χ0v) is 12.5. The van der Waals surface area contributed by atoms with Gasteiger partial charge in [0.25, 0.3) is 10.0 Å². The second-order valence-electron chi connectivity index (χ2n) is 4.29. The number of anilines is 1. The third-order valence-electron chi connectivity index (χ3n) is 2.81. The number of benzene rings is 2. The molecule has 0 unspecified atom stereocenters. The predicted octanol–water partition coefficient (Wildman–Crippen LogP) is 3.46. The van der Waals surface area contributed by atoms with Crippen molar-refractivity contribution < 1.29 is 12.8 Å². The molecule has 1 N–H and O–H groups in total. The summed E-state index contributed by atoms with van der Waals surface area (Å²) in [6.07, 6.45) is 0. The normalized spacial score (nSPS) is 11.0. The van der Waals surface area contributed by atoms with Gasteiger partial charge in [-0.05, 0) is 42.8 Å². The highest BCUT2D eigenvalue weighted by Gasteiger charge is 2.21. The van der Waals surface area contributed by atoms with Gasteiger partial charge < -0.3 is 0 Å². The summed E-state index contributed by atoms with van der Waals surface area (Å²) >= 11 is 5.80. The van der Waals surface area contributed by atoms with Gasteiger partial charge in [0.2, 0.25) is 0 Å². The van der Waals surface area contributed by atoms with Crippen LogP contribution in [0, 0.1) is 24.1 Å². The van der Waals surface area contributed by atoms with Crippen LogP contribution in [0.15, 0.2) is 41.3 Å². The second-order valence-corrected chi connectivity index (χ2v) is 6.38. The number of nitrogens with one attached hydrogen (secondary N) is 1. The molecule has 0 radical (unpaired) electrons. The van der Waals surface area contributed by atoms with Crippen molar-refractivity contribution in [3.8, 4) is 6.07 Å². The summed E-state index contributed by atoms with van der Waals surface area (Å²) in [4.78, 5) is -0.403. The number of aryl methyl sites for hydroxylation is 1. The molecule has 0 aliphatic rings. The summed E-state index contributed by atoms with van der Waals surface area (Å²) in [6.45, 7) is 1.68.